The minimum absolute atomic E-state index is 0.213. The molecule has 6 rings (SSSR count). The van der Waals surface area contributed by atoms with Gasteiger partial charge in [0.15, 0.2) is 0 Å². The van der Waals surface area contributed by atoms with Gasteiger partial charge in [0.2, 0.25) is 0 Å². The van der Waals surface area contributed by atoms with Crippen molar-refractivity contribution in [3.63, 3.8) is 0 Å². The molecule has 2 aromatic rings. The van der Waals surface area contributed by atoms with Crippen molar-refractivity contribution in [3.8, 4) is 0 Å². The Morgan fingerprint density at radius 1 is 0.750 bits per heavy atom. The van der Waals surface area contributed by atoms with Crippen LogP contribution >= 0.6 is 0 Å². The lowest BCUT2D eigenvalue weighted by molar-refractivity contribution is -0.149. The molecule has 40 heavy (non-hydrogen) atoms. The van der Waals surface area contributed by atoms with E-state index in [2.05, 4.69) is 95.3 Å². The molecule has 0 bridgehead atoms. The van der Waals surface area contributed by atoms with Gasteiger partial charge in [-0.1, -0.05) is 115 Å². The summed E-state index contributed by atoms with van der Waals surface area (Å²) in [5.74, 6) is 6.05. The first-order chi connectivity index (χ1) is 19.2. The molecule has 4 saturated carbocycles. The largest absolute Gasteiger partial charge is 0.298 e. The molecule has 0 N–H and O–H groups in total. The van der Waals surface area contributed by atoms with E-state index in [0.29, 0.717) is 17.1 Å². The Morgan fingerprint density at radius 3 is 2.00 bits per heavy atom. The van der Waals surface area contributed by atoms with E-state index in [-0.39, 0.29) is 5.41 Å². The average Bonchev–Trinajstić information content (AvgIpc) is 3.31. The fourth-order valence-corrected chi connectivity index (χ4v) is 11.4. The summed E-state index contributed by atoms with van der Waals surface area (Å²) in [6.45, 7) is 12.7. The Balaban J connectivity index is 1.31. The second kappa shape index (κ2) is 10.7. The lowest BCUT2D eigenvalue weighted by Gasteiger charge is -2.63. The van der Waals surface area contributed by atoms with Crippen molar-refractivity contribution in [2.24, 2.45) is 52.3 Å². The molecule has 1 unspecified atom stereocenters. The first kappa shape index (κ1) is 28.2. The van der Waals surface area contributed by atoms with Crippen LogP contribution in [0.25, 0.3) is 0 Å². The van der Waals surface area contributed by atoms with Gasteiger partial charge in [-0.3, -0.25) is 4.79 Å². The summed E-state index contributed by atoms with van der Waals surface area (Å²) in [6.07, 6.45) is 14.2. The van der Waals surface area contributed by atoms with Crippen LogP contribution in [-0.2, 0) is 10.2 Å². The van der Waals surface area contributed by atoms with Gasteiger partial charge < -0.3 is 0 Å². The second-order valence-electron chi connectivity index (χ2n) is 15.6. The standard InChI is InChI=1S/C39H54O/c1-27(2)13-12-14-28(3)33-21-22-34-32-20-19-31-25-36(40)39(29-15-8-6-9-16-29,30-17-10-7-11-18-30)26-38(31,5)35(32)23-24-37(33,34)4/h6-11,15-18,27-28,31-35H,12-14,19-26H2,1-5H3/t28-,31?,32+,33-,34+,35+,37-,38+/m1/s1. The fourth-order valence-electron chi connectivity index (χ4n) is 11.4. The molecule has 4 fully saturated rings. The molecule has 4 aliphatic carbocycles. The highest BCUT2D eigenvalue weighted by Crippen LogP contribution is 2.70. The van der Waals surface area contributed by atoms with Crippen LogP contribution in [0.15, 0.2) is 60.7 Å². The maximum atomic E-state index is 14.4. The van der Waals surface area contributed by atoms with Crippen LogP contribution in [0.3, 0.4) is 0 Å². The molecule has 0 saturated heterocycles. The number of benzene rings is 2. The molecular weight excluding hydrogens is 484 g/mol. The first-order valence-corrected chi connectivity index (χ1v) is 16.8. The zero-order chi connectivity index (χ0) is 28.1. The van der Waals surface area contributed by atoms with Gasteiger partial charge in [-0.2, -0.15) is 0 Å². The maximum absolute atomic E-state index is 14.4. The van der Waals surface area contributed by atoms with Crippen molar-refractivity contribution in [2.45, 2.75) is 111 Å². The van der Waals surface area contributed by atoms with Gasteiger partial charge in [-0.25, -0.2) is 0 Å². The van der Waals surface area contributed by atoms with Crippen molar-refractivity contribution in [3.05, 3.63) is 71.8 Å². The number of carbonyl (C=O) groups is 1. The van der Waals surface area contributed by atoms with Gasteiger partial charge >= 0.3 is 0 Å². The Kier molecular flexibility index (Phi) is 7.59. The van der Waals surface area contributed by atoms with Crippen LogP contribution in [0, 0.1) is 52.3 Å². The van der Waals surface area contributed by atoms with E-state index in [4.69, 9.17) is 0 Å². The van der Waals surface area contributed by atoms with E-state index in [1.165, 1.54) is 68.9 Å². The van der Waals surface area contributed by atoms with Crippen molar-refractivity contribution in [1.29, 1.82) is 0 Å². The van der Waals surface area contributed by atoms with Crippen LogP contribution in [0.5, 0.6) is 0 Å². The van der Waals surface area contributed by atoms with Gasteiger partial charge in [-0.05, 0) is 108 Å². The van der Waals surface area contributed by atoms with Crippen LogP contribution < -0.4 is 0 Å². The Morgan fingerprint density at radius 2 is 1.38 bits per heavy atom. The van der Waals surface area contributed by atoms with Crippen LogP contribution in [0.1, 0.15) is 116 Å². The van der Waals surface area contributed by atoms with E-state index in [1.54, 1.807) is 0 Å². The van der Waals surface area contributed by atoms with Crippen molar-refractivity contribution >= 4 is 5.78 Å². The number of Topliss-reactive ketones (excluding diaryl/α,β-unsaturated/α-hetero) is 1. The lowest BCUT2D eigenvalue weighted by atomic mass is 9.41. The zero-order valence-corrected chi connectivity index (χ0v) is 26.0. The first-order valence-electron chi connectivity index (χ1n) is 16.8. The molecule has 1 heteroatoms. The molecule has 4 aliphatic rings. The number of hydrogen-bond acceptors (Lipinski definition) is 1. The molecule has 0 heterocycles. The minimum atomic E-state index is -0.514. The Hall–Kier alpha value is -1.89. The summed E-state index contributed by atoms with van der Waals surface area (Å²) >= 11 is 0. The maximum Gasteiger partial charge on any atom is 0.148 e. The number of carbonyl (C=O) groups excluding carboxylic acids is 1. The summed E-state index contributed by atoms with van der Waals surface area (Å²) in [4.78, 5) is 14.4. The summed E-state index contributed by atoms with van der Waals surface area (Å²) in [7, 11) is 0. The van der Waals surface area contributed by atoms with E-state index < -0.39 is 5.41 Å². The predicted octanol–water partition coefficient (Wildman–Crippen LogP) is 10.3. The molecule has 0 radical (unpaired) electrons. The predicted molar refractivity (Wildman–Crippen MR) is 167 cm³/mol. The smallest absolute Gasteiger partial charge is 0.148 e. The quantitative estimate of drug-likeness (QED) is 0.343. The number of rotatable bonds is 7. The number of fused-ring (bicyclic) bond motifs is 5. The van der Waals surface area contributed by atoms with E-state index in [9.17, 15) is 4.79 Å². The van der Waals surface area contributed by atoms with Crippen molar-refractivity contribution in [2.75, 3.05) is 0 Å². The molecule has 216 valence electrons. The van der Waals surface area contributed by atoms with Gasteiger partial charge in [0, 0.05) is 6.42 Å². The molecular formula is C39H54O. The zero-order valence-electron chi connectivity index (χ0n) is 26.0. The van der Waals surface area contributed by atoms with Crippen molar-refractivity contribution < 1.29 is 4.79 Å². The monoisotopic (exact) mass is 538 g/mol. The van der Waals surface area contributed by atoms with Crippen LogP contribution in [0.4, 0.5) is 0 Å². The van der Waals surface area contributed by atoms with Crippen LogP contribution in [-0.4, -0.2) is 5.78 Å². The minimum Gasteiger partial charge on any atom is -0.298 e. The number of ketones is 1. The topological polar surface area (TPSA) is 17.1 Å². The Labute approximate surface area is 244 Å². The highest BCUT2D eigenvalue weighted by atomic mass is 16.1. The fraction of sp³-hybridized carbons (Fsp3) is 0.667. The molecule has 0 amide bonds. The average molecular weight is 539 g/mol. The molecule has 0 spiro atoms. The Bertz CT molecular complexity index is 1130. The highest BCUT2D eigenvalue weighted by molar-refractivity contribution is 5.95. The van der Waals surface area contributed by atoms with Gasteiger partial charge in [-0.15, -0.1) is 0 Å². The summed E-state index contributed by atoms with van der Waals surface area (Å²) in [5, 5.41) is 0. The van der Waals surface area contributed by atoms with Crippen LogP contribution in [0.2, 0.25) is 0 Å². The second-order valence-corrected chi connectivity index (χ2v) is 15.6. The molecule has 0 aromatic heterocycles. The molecule has 0 aliphatic heterocycles. The lowest BCUT2D eigenvalue weighted by Crippen LogP contribution is -2.59. The highest BCUT2D eigenvalue weighted by Gasteiger charge is 2.64. The summed E-state index contributed by atoms with van der Waals surface area (Å²) < 4.78 is 0. The SMILES string of the molecule is CC(C)CCC[C@@H](C)[C@H]1CC[C@H]2[C@@H]3CCC4CC(=O)C(c5ccccc5)(c5ccccc5)C[C@]4(C)[C@H]3CC[C@]12C. The van der Waals surface area contributed by atoms with E-state index in [1.807, 2.05) is 0 Å². The molecule has 1 nitrogen and oxygen atoms in total. The molecule has 8 atom stereocenters. The third-order valence-electron chi connectivity index (χ3n) is 13.4. The van der Waals surface area contributed by atoms with E-state index >= 15 is 0 Å². The molecule has 2 aromatic carbocycles. The van der Waals surface area contributed by atoms with Gasteiger partial charge in [0.05, 0.1) is 5.41 Å². The number of hydrogen-bond donors (Lipinski definition) is 0. The summed E-state index contributed by atoms with van der Waals surface area (Å²) in [5.41, 5.74) is 2.64. The third-order valence-corrected chi connectivity index (χ3v) is 13.4. The van der Waals surface area contributed by atoms with Crippen molar-refractivity contribution in [1.82, 2.24) is 0 Å². The van der Waals surface area contributed by atoms with Gasteiger partial charge in [0.1, 0.15) is 5.78 Å². The normalized spacial score (nSPS) is 37.5. The van der Waals surface area contributed by atoms with Gasteiger partial charge in [0.25, 0.3) is 0 Å². The van der Waals surface area contributed by atoms with E-state index in [0.717, 1.165) is 48.3 Å². The summed E-state index contributed by atoms with van der Waals surface area (Å²) in [6, 6.07) is 21.7. The third kappa shape index (κ3) is 4.44.